The zero-order valence-electron chi connectivity index (χ0n) is 11.6. The van der Waals surface area contributed by atoms with Crippen LogP contribution in [0.2, 0.25) is 0 Å². The standard InChI is InChI=1S/C18H21NO/c20-18(15-9-5-2-6-10-15)17-13-19-12-11-16(17)14-7-3-1-4-8-14/h1-10,16-20H,11-13H2. The summed E-state index contributed by atoms with van der Waals surface area (Å²) in [4.78, 5) is 0. The normalized spacial score (nSPS) is 24.2. The van der Waals surface area contributed by atoms with Gasteiger partial charge in [-0.15, -0.1) is 0 Å². The van der Waals surface area contributed by atoms with Crippen LogP contribution in [0.5, 0.6) is 0 Å². The lowest BCUT2D eigenvalue weighted by molar-refractivity contribution is 0.0783. The van der Waals surface area contributed by atoms with Crippen LogP contribution < -0.4 is 5.32 Å². The van der Waals surface area contributed by atoms with Crippen molar-refractivity contribution in [3.8, 4) is 0 Å². The van der Waals surface area contributed by atoms with Gasteiger partial charge < -0.3 is 10.4 Å². The molecule has 0 radical (unpaired) electrons. The van der Waals surface area contributed by atoms with E-state index in [9.17, 15) is 5.11 Å². The van der Waals surface area contributed by atoms with E-state index < -0.39 is 6.10 Å². The average molecular weight is 267 g/mol. The smallest absolute Gasteiger partial charge is 0.0836 e. The third-order valence-electron chi connectivity index (χ3n) is 4.30. The van der Waals surface area contributed by atoms with Crippen molar-refractivity contribution in [2.45, 2.75) is 18.4 Å². The highest BCUT2D eigenvalue weighted by atomic mass is 16.3. The van der Waals surface area contributed by atoms with Crippen molar-refractivity contribution < 1.29 is 5.11 Å². The van der Waals surface area contributed by atoms with Crippen LogP contribution in [0.3, 0.4) is 0 Å². The lowest BCUT2D eigenvalue weighted by Crippen LogP contribution is -2.38. The molecule has 2 N–H and O–H groups in total. The van der Waals surface area contributed by atoms with Gasteiger partial charge in [-0.2, -0.15) is 0 Å². The molecule has 0 amide bonds. The molecule has 2 aromatic carbocycles. The maximum absolute atomic E-state index is 10.7. The fourth-order valence-corrected chi connectivity index (χ4v) is 3.23. The minimum absolute atomic E-state index is 0.230. The highest BCUT2D eigenvalue weighted by molar-refractivity contribution is 5.25. The summed E-state index contributed by atoms with van der Waals surface area (Å²) in [6.07, 6.45) is 0.674. The summed E-state index contributed by atoms with van der Waals surface area (Å²) < 4.78 is 0. The molecular formula is C18H21NO. The Morgan fingerprint density at radius 1 is 0.950 bits per heavy atom. The van der Waals surface area contributed by atoms with Gasteiger partial charge in [0.25, 0.3) is 0 Å². The first-order chi connectivity index (χ1) is 9.86. The van der Waals surface area contributed by atoms with Crippen LogP contribution in [0.25, 0.3) is 0 Å². The van der Waals surface area contributed by atoms with Crippen LogP contribution in [0, 0.1) is 5.92 Å². The fourth-order valence-electron chi connectivity index (χ4n) is 3.23. The van der Waals surface area contributed by atoms with Crippen molar-refractivity contribution in [2.75, 3.05) is 13.1 Å². The first kappa shape index (κ1) is 13.3. The summed E-state index contributed by atoms with van der Waals surface area (Å²) in [5, 5.41) is 14.2. The zero-order valence-corrected chi connectivity index (χ0v) is 11.6. The number of hydrogen-bond acceptors (Lipinski definition) is 2. The summed E-state index contributed by atoms with van der Waals surface area (Å²) in [6.45, 7) is 1.90. The van der Waals surface area contributed by atoms with Crippen molar-refractivity contribution in [2.24, 2.45) is 5.92 Å². The maximum atomic E-state index is 10.7. The number of nitrogens with one attached hydrogen (secondary N) is 1. The highest BCUT2D eigenvalue weighted by Crippen LogP contribution is 2.38. The van der Waals surface area contributed by atoms with Crippen molar-refractivity contribution in [3.05, 3.63) is 71.8 Å². The molecule has 20 heavy (non-hydrogen) atoms. The van der Waals surface area contributed by atoms with E-state index in [0.717, 1.165) is 25.1 Å². The summed E-state index contributed by atoms with van der Waals surface area (Å²) in [5.74, 6) is 0.654. The molecule has 1 aliphatic heterocycles. The molecule has 0 saturated carbocycles. The van der Waals surface area contributed by atoms with E-state index in [1.165, 1.54) is 5.56 Å². The molecule has 1 saturated heterocycles. The van der Waals surface area contributed by atoms with Crippen LogP contribution >= 0.6 is 0 Å². The lowest BCUT2D eigenvalue weighted by Gasteiger charge is -2.36. The first-order valence-corrected chi connectivity index (χ1v) is 7.35. The van der Waals surface area contributed by atoms with Crippen molar-refractivity contribution in [1.82, 2.24) is 5.32 Å². The molecule has 0 aromatic heterocycles. The quantitative estimate of drug-likeness (QED) is 0.895. The molecule has 3 unspecified atom stereocenters. The zero-order chi connectivity index (χ0) is 13.8. The van der Waals surface area contributed by atoms with Gasteiger partial charge in [0.05, 0.1) is 6.10 Å². The summed E-state index contributed by atoms with van der Waals surface area (Å²) in [7, 11) is 0. The number of benzene rings is 2. The minimum atomic E-state index is -0.408. The predicted molar refractivity (Wildman–Crippen MR) is 81.6 cm³/mol. The van der Waals surface area contributed by atoms with Gasteiger partial charge in [-0.25, -0.2) is 0 Å². The van der Waals surface area contributed by atoms with E-state index in [0.29, 0.717) is 5.92 Å². The van der Waals surface area contributed by atoms with Gasteiger partial charge in [0.1, 0.15) is 0 Å². The topological polar surface area (TPSA) is 32.3 Å². The molecule has 3 rings (SSSR count). The second-order valence-corrected chi connectivity index (χ2v) is 5.53. The molecule has 0 aliphatic carbocycles. The SMILES string of the molecule is OC(c1ccccc1)C1CNCCC1c1ccccc1. The molecule has 1 aliphatic rings. The summed E-state index contributed by atoms with van der Waals surface area (Å²) >= 11 is 0. The highest BCUT2D eigenvalue weighted by Gasteiger charge is 2.32. The van der Waals surface area contributed by atoms with Crippen molar-refractivity contribution >= 4 is 0 Å². The molecule has 0 bridgehead atoms. The van der Waals surface area contributed by atoms with Crippen LogP contribution in [0.4, 0.5) is 0 Å². The number of rotatable bonds is 3. The first-order valence-electron chi connectivity index (χ1n) is 7.35. The molecular weight excluding hydrogens is 246 g/mol. The molecule has 2 aromatic rings. The predicted octanol–water partition coefficient (Wildman–Crippen LogP) is 3.11. The second kappa shape index (κ2) is 6.21. The Morgan fingerprint density at radius 2 is 1.60 bits per heavy atom. The molecule has 1 fully saturated rings. The number of aliphatic hydroxyl groups is 1. The van der Waals surface area contributed by atoms with Crippen molar-refractivity contribution in [3.63, 3.8) is 0 Å². The molecule has 104 valence electrons. The van der Waals surface area contributed by atoms with Crippen LogP contribution in [0.15, 0.2) is 60.7 Å². The molecule has 1 heterocycles. The molecule has 0 spiro atoms. The maximum Gasteiger partial charge on any atom is 0.0836 e. The Kier molecular flexibility index (Phi) is 4.14. The third-order valence-corrected chi connectivity index (χ3v) is 4.30. The van der Waals surface area contributed by atoms with Crippen LogP contribution in [0.1, 0.15) is 29.6 Å². The van der Waals surface area contributed by atoms with Gasteiger partial charge in [0, 0.05) is 12.5 Å². The number of piperidine rings is 1. The molecule has 2 nitrogen and oxygen atoms in total. The fraction of sp³-hybridized carbons (Fsp3) is 0.333. The van der Waals surface area contributed by atoms with E-state index >= 15 is 0 Å². The Morgan fingerprint density at radius 3 is 2.30 bits per heavy atom. The van der Waals surface area contributed by atoms with E-state index in [1.54, 1.807) is 0 Å². The van der Waals surface area contributed by atoms with Gasteiger partial charge in [-0.05, 0) is 30.0 Å². The Bertz CT molecular complexity index is 526. The van der Waals surface area contributed by atoms with E-state index in [2.05, 4.69) is 29.6 Å². The summed E-state index contributed by atoms with van der Waals surface area (Å²) in [5.41, 5.74) is 2.36. The number of hydrogen-bond donors (Lipinski definition) is 2. The largest absolute Gasteiger partial charge is 0.388 e. The van der Waals surface area contributed by atoms with E-state index in [-0.39, 0.29) is 5.92 Å². The van der Waals surface area contributed by atoms with Crippen LogP contribution in [-0.2, 0) is 0 Å². The Balaban J connectivity index is 1.86. The summed E-state index contributed by atoms with van der Waals surface area (Å²) in [6, 6.07) is 20.6. The Labute approximate surface area is 120 Å². The Hall–Kier alpha value is -1.64. The van der Waals surface area contributed by atoms with Gasteiger partial charge in [-0.1, -0.05) is 60.7 Å². The van der Waals surface area contributed by atoms with Gasteiger partial charge >= 0.3 is 0 Å². The average Bonchev–Trinajstić information content (AvgIpc) is 2.56. The van der Waals surface area contributed by atoms with Crippen LogP contribution in [-0.4, -0.2) is 18.2 Å². The van der Waals surface area contributed by atoms with Gasteiger partial charge in [0.15, 0.2) is 0 Å². The van der Waals surface area contributed by atoms with E-state index in [1.807, 2.05) is 36.4 Å². The lowest BCUT2D eigenvalue weighted by atomic mass is 9.76. The molecule has 2 heteroatoms. The monoisotopic (exact) mass is 267 g/mol. The second-order valence-electron chi connectivity index (χ2n) is 5.53. The number of aliphatic hydroxyl groups excluding tert-OH is 1. The minimum Gasteiger partial charge on any atom is -0.388 e. The van der Waals surface area contributed by atoms with Crippen molar-refractivity contribution in [1.29, 1.82) is 0 Å². The third kappa shape index (κ3) is 2.77. The van der Waals surface area contributed by atoms with E-state index in [4.69, 9.17) is 0 Å². The van der Waals surface area contributed by atoms with Gasteiger partial charge in [-0.3, -0.25) is 0 Å². The van der Waals surface area contributed by atoms with Gasteiger partial charge in [0.2, 0.25) is 0 Å². The molecule has 3 atom stereocenters.